The van der Waals surface area contributed by atoms with Crippen molar-refractivity contribution in [2.24, 2.45) is 0 Å². The second-order valence-electron chi connectivity index (χ2n) is 5.76. The first kappa shape index (κ1) is 22.7. The molecule has 2 heterocycles. The number of thiophene rings is 1. The van der Waals surface area contributed by atoms with Crippen LogP contribution < -0.4 is 0 Å². The molecule has 0 amide bonds. The molecule has 0 aliphatic carbocycles. The molecule has 28 heavy (non-hydrogen) atoms. The first-order valence-corrected chi connectivity index (χ1v) is 12.7. The van der Waals surface area contributed by atoms with Gasteiger partial charge in [0.1, 0.15) is 5.03 Å². The quantitative estimate of drug-likeness (QED) is 0.150. The molecule has 0 spiro atoms. The van der Waals surface area contributed by atoms with Gasteiger partial charge in [-0.15, -0.1) is 11.3 Å². The number of benzene rings is 1. The molecule has 2 nitrogen and oxygen atoms in total. The summed E-state index contributed by atoms with van der Waals surface area (Å²) in [5, 5.41) is 3.80. The number of aldehydes is 1. The molecule has 5 heteroatoms. The van der Waals surface area contributed by atoms with Gasteiger partial charge in [-0.05, 0) is 40.8 Å². The molecular formula is C23H27NOS3. The Hall–Kier alpha value is -1.56. The zero-order chi connectivity index (χ0) is 20.2. The smallest absolute Gasteiger partial charge is 0.153 e. The molecular weight excluding hydrogens is 402 g/mol. The second-order valence-corrected chi connectivity index (χ2v) is 9.14. The van der Waals surface area contributed by atoms with E-state index < -0.39 is 0 Å². The predicted molar refractivity (Wildman–Crippen MR) is 128 cm³/mol. The lowest BCUT2D eigenvalue weighted by molar-refractivity contribution is 0.112. The molecule has 0 unspecified atom stereocenters. The van der Waals surface area contributed by atoms with Gasteiger partial charge in [-0.25, -0.2) is 4.98 Å². The van der Waals surface area contributed by atoms with Gasteiger partial charge >= 0.3 is 0 Å². The van der Waals surface area contributed by atoms with Crippen LogP contribution in [-0.2, 0) is 0 Å². The molecule has 3 rings (SSSR count). The fourth-order valence-corrected chi connectivity index (χ4v) is 5.47. The van der Waals surface area contributed by atoms with Gasteiger partial charge in [0.15, 0.2) is 6.29 Å². The first-order chi connectivity index (χ1) is 13.8. The highest BCUT2D eigenvalue weighted by molar-refractivity contribution is 8.16. The topological polar surface area (TPSA) is 30.0 Å². The second kappa shape index (κ2) is 12.8. The normalized spacial score (nSPS) is 10.2. The third-order valence-corrected chi connectivity index (χ3v) is 7.11. The minimum Gasteiger partial charge on any atom is -0.298 e. The number of aromatic nitrogens is 1. The maximum atomic E-state index is 11.9. The number of hydrogen-bond acceptors (Lipinski definition) is 5. The molecule has 0 aliphatic heterocycles. The van der Waals surface area contributed by atoms with E-state index in [4.69, 9.17) is 4.98 Å². The summed E-state index contributed by atoms with van der Waals surface area (Å²) in [6, 6.07) is 16.2. The summed E-state index contributed by atoms with van der Waals surface area (Å²) in [7, 11) is 0. The molecule has 148 valence electrons. The maximum Gasteiger partial charge on any atom is 0.153 e. The van der Waals surface area contributed by atoms with Gasteiger partial charge < -0.3 is 0 Å². The van der Waals surface area contributed by atoms with E-state index in [0.29, 0.717) is 5.56 Å². The SMILES string of the molecule is CC.CCCCSCSc1nc(-c2cccs2)cc(-c2ccccc2)c1C=O. The standard InChI is InChI=1S/C21H21NOS3.C2H6/c1-2-3-11-24-15-26-21-18(14-23)17(16-8-5-4-6-9-16)13-19(22-21)20-10-7-12-25-20;1-2/h4-10,12-14H,2-3,11,15H2,1H3;1-2H3. The number of carbonyl (C=O) groups is 1. The fraction of sp³-hybridized carbons (Fsp3) is 0.304. The van der Waals surface area contributed by atoms with Crippen LogP contribution in [0.5, 0.6) is 0 Å². The Morgan fingerprint density at radius 2 is 1.89 bits per heavy atom. The average molecular weight is 430 g/mol. The minimum absolute atomic E-state index is 0.692. The Morgan fingerprint density at radius 1 is 1.11 bits per heavy atom. The lowest BCUT2D eigenvalue weighted by atomic mass is 10.0. The van der Waals surface area contributed by atoms with Gasteiger partial charge in [0.25, 0.3) is 0 Å². The van der Waals surface area contributed by atoms with Crippen molar-refractivity contribution in [1.29, 1.82) is 0 Å². The van der Waals surface area contributed by atoms with E-state index in [0.717, 1.165) is 43.8 Å². The molecule has 0 bridgehead atoms. The fourth-order valence-electron chi connectivity index (χ4n) is 2.57. The number of hydrogen-bond donors (Lipinski definition) is 0. The van der Waals surface area contributed by atoms with Gasteiger partial charge in [-0.3, -0.25) is 4.79 Å². The highest BCUT2D eigenvalue weighted by Gasteiger charge is 2.15. The van der Waals surface area contributed by atoms with Crippen LogP contribution in [-0.4, -0.2) is 22.1 Å². The van der Waals surface area contributed by atoms with E-state index in [1.807, 2.05) is 68.1 Å². The third kappa shape index (κ3) is 6.23. The molecule has 0 N–H and O–H groups in total. The van der Waals surface area contributed by atoms with E-state index in [2.05, 4.69) is 18.4 Å². The average Bonchev–Trinajstić information content (AvgIpc) is 3.30. The summed E-state index contributed by atoms with van der Waals surface area (Å²) >= 11 is 5.25. The zero-order valence-electron chi connectivity index (χ0n) is 16.7. The molecule has 0 aliphatic rings. The van der Waals surface area contributed by atoms with Crippen molar-refractivity contribution in [2.45, 2.75) is 38.6 Å². The summed E-state index contributed by atoms with van der Waals surface area (Å²) in [6.07, 6.45) is 3.39. The Labute approximate surface area is 181 Å². The van der Waals surface area contributed by atoms with Crippen molar-refractivity contribution < 1.29 is 4.79 Å². The number of carbonyl (C=O) groups excluding carboxylic acids is 1. The molecule has 0 fully saturated rings. The van der Waals surface area contributed by atoms with E-state index in [1.54, 1.807) is 23.1 Å². The molecule has 0 radical (unpaired) electrons. The Kier molecular flexibility index (Phi) is 10.4. The van der Waals surface area contributed by atoms with Gasteiger partial charge in [-0.1, -0.05) is 75.4 Å². The van der Waals surface area contributed by atoms with Crippen molar-refractivity contribution in [1.82, 2.24) is 4.98 Å². The van der Waals surface area contributed by atoms with Gasteiger partial charge in [0, 0.05) is 5.08 Å². The van der Waals surface area contributed by atoms with Crippen LogP contribution in [0.4, 0.5) is 0 Å². The maximum absolute atomic E-state index is 11.9. The minimum atomic E-state index is 0.692. The zero-order valence-corrected chi connectivity index (χ0v) is 19.1. The van der Waals surface area contributed by atoms with Crippen LogP contribution in [0, 0.1) is 0 Å². The Balaban J connectivity index is 0.00000136. The van der Waals surface area contributed by atoms with E-state index in [1.165, 1.54) is 12.8 Å². The Bertz CT molecular complexity index is 833. The predicted octanol–water partition coefficient (Wildman–Crippen LogP) is 7.90. The highest BCUT2D eigenvalue weighted by atomic mass is 32.2. The largest absolute Gasteiger partial charge is 0.298 e. The van der Waals surface area contributed by atoms with Crippen LogP contribution >= 0.6 is 34.9 Å². The number of pyridine rings is 1. The van der Waals surface area contributed by atoms with Gasteiger partial charge in [0.05, 0.1) is 16.1 Å². The van der Waals surface area contributed by atoms with Crippen molar-refractivity contribution in [3.05, 3.63) is 59.5 Å². The molecule has 0 saturated heterocycles. The van der Waals surface area contributed by atoms with Crippen molar-refractivity contribution in [3.8, 4) is 21.7 Å². The highest BCUT2D eigenvalue weighted by Crippen LogP contribution is 2.35. The van der Waals surface area contributed by atoms with E-state index in [9.17, 15) is 4.79 Å². The summed E-state index contributed by atoms with van der Waals surface area (Å²) in [6.45, 7) is 6.20. The van der Waals surface area contributed by atoms with Crippen molar-refractivity contribution >= 4 is 41.1 Å². The van der Waals surface area contributed by atoms with Crippen LogP contribution in [0.15, 0.2) is 58.9 Å². The lowest BCUT2D eigenvalue weighted by Gasteiger charge is -2.12. The van der Waals surface area contributed by atoms with Gasteiger partial charge in [0.2, 0.25) is 0 Å². The van der Waals surface area contributed by atoms with E-state index >= 15 is 0 Å². The molecule has 0 saturated carbocycles. The first-order valence-electron chi connectivity index (χ1n) is 9.63. The number of unbranched alkanes of at least 4 members (excludes halogenated alkanes) is 1. The van der Waals surface area contributed by atoms with Crippen LogP contribution in [0.25, 0.3) is 21.7 Å². The van der Waals surface area contributed by atoms with Gasteiger partial charge in [-0.2, -0.15) is 11.8 Å². The number of thioether (sulfide) groups is 2. The molecule has 2 aromatic heterocycles. The summed E-state index contributed by atoms with van der Waals surface area (Å²) < 4.78 is 0. The molecule has 1 aromatic carbocycles. The van der Waals surface area contributed by atoms with Crippen molar-refractivity contribution in [3.63, 3.8) is 0 Å². The third-order valence-electron chi connectivity index (χ3n) is 3.92. The van der Waals surface area contributed by atoms with Crippen LogP contribution in [0.3, 0.4) is 0 Å². The summed E-state index contributed by atoms with van der Waals surface area (Å²) in [5.74, 6) is 1.15. The van der Waals surface area contributed by atoms with Crippen LogP contribution in [0.1, 0.15) is 44.0 Å². The van der Waals surface area contributed by atoms with Crippen LogP contribution in [0.2, 0.25) is 0 Å². The number of rotatable bonds is 9. The molecule has 0 atom stereocenters. The Morgan fingerprint density at radius 3 is 2.54 bits per heavy atom. The summed E-state index contributed by atoms with van der Waals surface area (Å²) in [5.41, 5.74) is 3.64. The van der Waals surface area contributed by atoms with E-state index in [-0.39, 0.29) is 0 Å². The number of nitrogens with zero attached hydrogens (tertiary/aromatic N) is 1. The monoisotopic (exact) mass is 429 g/mol. The lowest BCUT2D eigenvalue weighted by Crippen LogP contribution is -1.97. The van der Waals surface area contributed by atoms with Crippen molar-refractivity contribution in [2.75, 3.05) is 10.8 Å². The summed E-state index contributed by atoms with van der Waals surface area (Å²) in [4.78, 5) is 17.8. The molecule has 3 aromatic rings.